The summed E-state index contributed by atoms with van der Waals surface area (Å²) >= 11 is 0. The van der Waals surface area contributed by atoms with Crippen molar-refractivity contribution in [1.82, 2.24) is 9.97 Å². The summed E-state index contributed by atoms with van der Waals surface area (Å²) in [4.78, 5) is 7.76. The summed E-state index contributed by atoms with van der Waals surface area (Å²) in [6, 6.07) is 0. The molecule has 1 saturated carbocycles. The lowest BCUT2D eigenvalue weighted by atomic mass is 9.98. The number of nitrogens with one attached hydrogen (secondary N) is 1. The molecule has 0 amide bonds. The highest BCUT2D eigenvalue weighted by molar-refractivity contribution is 5.29. The molecule has 0 spiro atoms. The predicted molar refractivity (Wildman–Crippen MR) is 55.9 cm³/mol. The SMILES string of the molecule is NCC1(Nc2ncc(F)cn2)CCCC1. The first-order chi connectivity index (χ1) is 7.24. The van der Waals surface area contributed by atoms with Crippen LogP contribution in [0.2, 0.25) is 0 Å². The Balaban J connectivity index is 2.09. The van der Waals surface area contributed by atoms with Crippen molar-refractivity contribution in [1.29, 1.82) is 0 Å². The molecule has 1 fully saturated rings. The fraction of sp³-hybridized carbons (Fsp3) is 0.600. The van der Waals surface area contributed by atoms with Gasteiger partial charge >= 0.3 is 0 Å². The van der Waals surface area contributed by atoms with Crippen LogP contribution in [0.15, 0.2) is 12.4 Å². The molecule has 15 heavy (non-hydrogen) atoms. The Labute approximate surface area is 88.1 Å². The maximum Gasteiger partial charge on any atom is 0.223 e. The molecule has 2 rings (SSSR count). The summed E-state index contributed by atoms with van der Waals surface area (Å²) in [7, 11) is 0. The van der Waals surface area contributed by atoms with Gasteiger partial charge in [0.15, 0.2) is 5.82 Å². The van der Waals surface area contributed by atoms with E-state index < -0.39 is 5.82 Å². The van der Waals surface area contributed by atoms with Gasteiger partial charge in [-0.15, -0.1) is 0 Å². The summed E-state index contributed by atoms with van der Waals surface area (Å²) in [5.74, 6) is 0.0394. The summed E-state index contributed by atoms with van der Waals surface area (Å²) in [6.45, 7) is 0.563. The van der Waals surface area contributed by atoms with Crippen LogP contribution in [0.3, 0.4) is 0 Å². The van der Waals surface area contributed by atoms with Gasteiger partial charge in [-0.1, -0.05) is 12.8 Å². The molecule has 1 aliphatic rings. The van der Waals surface area contributed by atoms with Gasteiger partial charge in [-0.2, -0.15) is 0 Å². The molecule has 0 bridgehead atoms. The van der Waals surface area contributed by atoms with Gasteiger partial charge in [0.1, 0.15) is 0 Å². The quantitative estimate of drug-likeness (QED) is 0.789. The highest BCUT2D eigenvalue weighted by Crippen LogP contribution is 2.31. The first-order valence-electron chi connectivity index (χ1n) is 5.20. The minimum atomic E-state index is -0.422. The smallest absolute Gasteiger partial charge is 0.223 e. The zero-order chi connectivity index (χ0) is 10.7. The second kappa shape index (κ2) is 4.10. The van der Waals surface area contributed by atoms with Gasteiger partial charge in [0, 0.05) is 6.54 Å². The molecule has 0 aromatic carbocycles. The van der Waals surface area contributed by atoms with Gasteiger partial charge in [-0.3, -0.25) is 0 Å². The Morgan fingerprint density at radius 3 is 2.47 bits per heavy atom. The fourth-order valence-electron chi connectivity index (χ4n) is 2.05. The zero-order valence-electron chi connectivity index (χ0n) is 8.54. The number of rotatable bonds is 3. The van der Waals surface area contributed by atoms with Crippen LogP contribution in [0.1, 0.15) is 25.7 Å². The minimum Gasteiger partial charge on any atom is -0.348 e. The maximum atomic E-state index is 12.6. The second-order valence-corrected chi connectivity index (χ2v) is 4.04. The number of halogens is 1. The third kappa shape index (κ3) is 2.23. The Morgan fingerprint density at radius 1 is 1.33 bits per heavy atom. The van der Waals surface area contributed by atoms with Gasteiger partial charge in [-0.25, -0.2) is 14.4 Å². The molecule has 0 radical (unpaired) electrons. The predicted octanol–water partition coefficient (Wildman–Crippen LogP) is 1.30. The van der Waals surface area contributed by atoms with Crippen LogP contribution in [0.4, 0.5) is 10.3 Å². The van der Waals surface area contributed by atoms with Crippen molar-refractivity contribution in [3.8, 4) is 0 Å². The third-order valence-electron chi connectivity index (χ3n) is 2.95. The number of nitrogens with two attached hydrogens (primary N) is 1. The molecule has 0 aliphatic heterocycles. The summed E-state index contributed by atoms with van der Waals surface area (Å²) < 4.78 is 12.6. The largest absolute Gasteiger partial charge is 0.348 e. The first-order valence-corrected chi connectivity index (χ1v) is 5.20. The van der Waals surface area contributed by atoms with Gasteiger partial charge in [0.2, 0.25) is 5.95 Å². The topological polar surface area (TPSA) is 63.8 Å². The van der Waals surface area contributed by atoms with Crippen molar-refractivity contribution < 1.29 is 4.39 Å². The lowest BCUT2D eigenvalue weighted by molar-refractivity contribution is 0.488. The van der Waals surface area contributed by atoms with E-state index in [1.54, 1.807) is 0 Å². The standard InChI is InChI=1S/C10H15FN4/c11-8-5-13-9(14-6-8)15-10(7-12)3-1-2-4-10/h5-6H,1-4,7,12H2,(H,13,14,15). The van der Waals surface area contributed by atoms with E-state index in [2.05, 4.69) is 15.3 Å². The molecule has 0 unspecified atom stereocenters. The third-order valence-corrected chi connectivity index (χ3v) is 2.95. The number of aromatic nitrogens is 2. The Morgan fingerprint density at radius 2 is 1.93 bits per heavy atom. The molecule has 1 heterocycles. The summed E-state index contributed by atoms with van der Waals surface area (Å²) in [5.41, 5.74) is 5.67. The van der Waals surface area contributed by atoms with Gasteiger partial charge in [0.25, 0.3) is 0 Å². The molecule has 82 valence electrons. The number of hydrogen-bond donors (Lipinski definition) is 2. The van der Waals surface area contributed by atoms with E-state index in [1.165, 1.54) is 12.8 Å². The molecule has 1 aromatic rings. The van der Waals surface area contributed by atoms with Crippen molar-refractivity contribution in [3.63, 3.8) is 0 Å². The van der Waals surface area contributed by atoms with Crippen LogP contribution in [-0.4, -0.2) is 22.1 Å². The van der Waals surface area contributed by atoms with E-state index in [0.29, 0.717) is 12.5 Å². The highest BCUT2D eigenvalue weighted by atomic mass is 19.1. The van der Waals surface area contributed by atoms with Gasteiger partial charge < -0.3 is 11.1 Å². The normalized spacial score (nSPS) is 19.1. The average molecular weight is 210 g/mol. The van der Waals surface area contributed by atoms with Crippen LogP contribution < -0.4 is 11.1 Å². The van der Waals surface area contributed by atoms with Crippen LogP contribution in [0.25, 0.3) is 0 Å². The summed E-state index contributed by atoms with van der Waals surface area (Å²) in [6.07, 6.45) is 6.73. The Hall–Kier alpha value is -1.23. The fourth-order valence-corrected chi connectivity index (χ4v) is 2.05. The lowest BCUT2D eigenvalue weighted by Crippen LogP contribution is -2.43. The molecule has 1 aliphatic carbocycles. The molecular weight excluding hydrogens is 195 g/mol. The van der Waals surface area contributed by atoms with E-state index in [9.17, 15) is 4.39 Å². The number of hydrogen-bond acceptors (Lipinski definition) is 4. The van der Waals surface area contributed by atoms with Crippen LogP contribution in [0.5, 0.6) is 0 Å². The van der Waals surface area contributed by atoms with Crippen molar-refractivity contribution >= 4 is 5.95 Å². The van der Waals surface area contributed by atoms with Crippen molar-refractivity contribution in [2.24, 2.45) is 5.73 Å². The number of nitrogens with zero attached hydrogens (tertiary/aromatic N) is 2. The lowest BCUT2D eigenvalue weighted by Gasteiger charge is -2.28. The van der Waals surface area contributed by atoms with Crippen LogP contribution in [0, 0.1) is 5.82 Å². The molecule has 0 atom stereocenters. The van der Waals surface area contributed by atoms with Crippen LogP contribution >= 0.6 is 0 Å². The molecular formula is C10H15FN4. The first kappa shape index (κ1) is 10.3. The maximum absolute atomic E-state index is 12.6. The van der Waals surface area contributed by atoms with E-state index in [1.807, 2.05) is 0 Å². The minimum absolute atomic E-state index is 0.0855. The second-order valence-electron chi connectivity index (χ2n) is 4.04. The Kier molecular flexibility index (Phi) is 2.81. The molecule has 1 aromatic heterocycles. The van der Waals surface area contributed by atoms with E-state index in [-0.39, 0.29) is 5.54 Å². The van der Waals surface area contributed by atoms with Crippen molar-refractivity contribution in [2.75, 3.05) is 11.9 Å². The number of anilines is 1. The van der Waals surface area contributed by atoms with E-state index in [4.69, 9.17) is 5.73 Å². The molecule has 0 saturated heterocycles. The van der Waals surface area contributed by atoms with Gasteiger partial charge in [0.05, 0.1) is 17.9 Å². The van der Waals surface area contributed by atoms with Crippen molar-refractivity contribution in [3.05, 3.63) is 18.2 Å². The monoisotopic (exact) mass is 210 g/mol. The van der Waals surface area contributed by atoms with Gasteiger partial charge in [-0.05, 0) is 12.8 Å². The molecule has 5 heteroatoms. The summed E-state index contributed by atoms with van der Waals surface area (Å²) in [5, 5.41) is 3.22. The average Bonchev–Trinajstić information content (AvgIpc) is 2.71. The Bertz CT molecular complexity index is 319. The molecule has 4 nitrogen and oxygen atoms in total. The van der Waals surface area contributed by atoms with Crippen molar-refractivity contribution in [2.45, 2.75) is 31.2 Å². The molecule has 3 N–H and O–H groups in total. The van der Waals surface area contributed by atoms with E-state index in [0.717, 1.165) is 25.2 Å². The zero-order valence-corrected chi connectivity index (χ0v) is 8.54. The highest BCUT2D eigenvalue weighted by Gasteiger charge is 2.32. The van der Waals surface area contributed by atoms with Crippen LogP contribution in [-0.2, 0) is 0 Å². The van der Waals surface area contributed by atoms with E-state index >= 15 is 0 Å².